The van der Waals surface area contributed by atoms with Crippen LogP contribution in [-0.4, -0.2) is 5.78 Å². The normalized spacial score (nSPS) is 21.3. The third-order valence-electron chi connectivity index (χ3n) is 4.29. The monoisotopic (exact) mass is 210 g/mol. The highest BCUT2D eigenvalue weighted by atomic mass is 16.1. The van der Waals surface area contributed by atoms with Crippen LogP contribution in [0.4, 0.5) is 0 Å². The van der Waals surface area contributed by atoms with Crippen LogP contribution >= 0.6 is 0 Å². The van der Waals surface area contributed by atoms with Crippen LogP contribution in [0.5, 0.6) is 0 Å². The molecule has 0 heterocycles. The summed E-state index contributed by atoms with van der Waals surface area (Å²) in [5, 5.41) is 0. The predicted octanol–water partition coefficient (Wildman–Crippen LogP) is 4.35. The molecule has 0 N–H and O–H groups in total. The van der Waals surface area contributed by atoms with E-state index < -0.39 is 0 Å². The van der Waals surface area contributed by atoms with Crippen LogP contribution in [0.25, 0.3) is 0 Å². The Morgan fingerprint density at radius 1 is 1.20 bits per heavy atom. The van der Waals surface area contributed by atoms with Crippen LogP contribution in [0.1, 0.15) is 72.6 Å². The lowest BCUT2D eigenvalue weighted by molar-refractivity contribution is -0.130. The Hall–Kier alpha value is -0.330. The Labute approximate surface area is 94.6 Å². The van der Waals surface area contributed by atoms with Crippen molar-refractivity contribution in [1.82, 2.24) is 0 Å². The average Bonchev–Trinajstić information content (AvgIpc) is 2.18. The zero-order valence-electron chi connectivity index (χ0n) is 10.9. The molecular formula is C14H26O. The van der Waals surface area contributed by atoms with Crippen molar-refractivity contribution in [2.75, 3.05) is 0 Å². The van der Waals surface area contributed by atoms with Crippen molar-refractivity contribution in [3.05, 3.63) is 0 Å². The van der Waals surface area contributed by atoms with Gasteiger partial charge >= 0.3 is 0 Å². The predicted molar refractivity (Wildman–Crippen MR) is 64.9 cm³/mol. The molecule has 0 aromatic carbocycles. The molecule has 0 aromatic heterocycles. The van der Waals surface area contributed by atoms with Gasteiger partial charge in [-0.2, -0.15) is 0 Å². The SMILES string of the molecule is CCC(C)(C)C(=O)CC1(C)CCCCC1. The molecule has 1 aliphatic rings. The molecule has 1 aliphatic carbocycles. The van der Waals surface area contributed by atoms with E-state index in [-0.39, 0.29) is 5.41 Å². The quantitative estimate of drug-likeness (QED) is 0.674. The van der Waals surface area contributed by atoms with Crippen LogP contribution in [0.2, 0.25) is 0 Å². The minimum absolute atomic E-state index is 0.111. The first-order valence-corrected chi connectivity index (χ1v) is 6.43. The van der Waals surface area contributed by atoms with E-state index in [0.29, 0.717) is 11.2 Å². The summed E-state index contributed by atoms with van der Waals surface area (Å²) in [7, 11) is 0. The van der Waals surface area contributed by atoms with E-state index in [1.165, 1.54) is 32.1 Å². The Morgan fingerprint density at radius 2 is 1.73 bits per heavy atom. The molecule has 0 atom stereocenters. The lowest BCUT2D eigenvalue weighted by Crippen LogP contribution is -2.31. The molecule has 1 saturated carbocycles. The van der Waals surface area contributed by atoms with Crippen LogP contribution in [-0.2, 0) is 4.79 Å². The second-order valence-corrected chi connectivity index (χ2v) is 6.21. The lowest BCUT2D eigenvalue weighted by Gasteiger charge is -2.35. The molecule has 1 nitrogen and oxygen atoms in total. The Kier molecular flexibility index (Phi) is 3.97. The second kappa shape index (κ2) is 4.67. The number of carbonyl (C=O) groups is 1. The van der Waals surface area contributed by atoms with Crippen molar-refractivity contribution >= 4 is 5.78 Å². The van der Waals surface area contributed by atoms with Crippen LogP contribution < -0.4 is 0 Å². The molecule has 1 fully saturated rings. The minimum atomic E-state index is -0.111. The van der Waals surface area contributed by atoms with Crippen molar-refractivity contribution in [2.45, 2.75) is 72.6 Å². The molecule has 0 saturated heterocycles. The molecule has 0 amide bonds. The van der Waals surface area contributed by atoms with Gasteiger partial charge in [-0.25, -0.2) is 0 Å². The highest BCUT2D eigenvalue weighted by molar-refractivity contribution is 5.84. The standard InChI is InChI=1S/C14H26O/c1-5-13(2,3)12(15)11-14(4)9-7-6-8-10-14/h5-11H2,1-4H3. The summed E-state index contributed by atoms with van der Waals surface area (Å²) in [6.45, 7) is 8.58. The van der Waals surface area contributed by atoms with Crippen molar-refractivity contribution in [2.24, 2.45) is 10.8 Å². The van der Waals surface area contributed by atoms with E-state index in [2.05, 4.69) is 27.7 Å². The maximum Gasteiger partial charge on any atom is 0.139 e. The van der Waals surface area contributed by atoms with Gasteiger partial charge in [0.25, 0.3) is 0 Å². The van der Waals surface area contributed by atoms with Gasteiger partial charge in [0.15, 0.2) is 0 Å². The molecule has 0 aliphatic heterocycles. The number of Topliss-reactive ketones (excluding diaryl/α,β-unsaturated/α-hetero) is 1. The zero-order valence-corrected chi connectivity index (χ0v) is 10.9. The molecular weight excluding hydrogens is 184 g/mol. The molecule has 0 radical (unpaired) electrons. The summed E-state index contributed by atoms with van der Waals surface area (Å²) >= 11 is 0. The fourth-order valence-corrected chi connectivity index (χ4v) is 2.41. The Balaban J connectivity index is 2.56. The lowest BCUT2D eigenvalue weighted by atomic mass is 9.69. The van der Waals surface area contributed by atoms with Gasteiger partial charge in [0, 0.05) is 11.8 Å². The molecule has 0 bridgehead atoms. The van der Waals surface area contributed by atoms with Gasteiger partial charge < -0.3 is 0 Å². The molecule has 15 heavy (non-hydrogen) atoms. The maximum absolute atomic E-state index is 12.2. The first kappa shape index (κ1) is 12.7. The number of hydrogen-bond acceptors (Lipinski definition) is 1. The van der Waals surface area contributed by atoms with Gasteiger partial charge in [-0.1, -0.05) is 47.0 Å². The molecule has 0 spiro atoms. The smallest absolute Gasteiger partial charge is 0.139 e. The summed E-state index contributed by atoms with van der Waals surface area (Å²) in [5.74, 6) is 0.467. The maximum atomic E-state index is 12.2. The van der Waals surface area contributed by atoms with Crippen molar-refractivity contribution in [3.63, 3.8) is 0 Å². The third-order valence-corrected chi connectivity index (χ3v) is 4.29. The summed E-state index contributed by atoms with van der Waals surface area (Å²) in [4.78, 5) is 12.2. The van der Waals surface area contributed by atoms with Crippen LogP contribution in [0.15, 0.2) is 0 Å². The number of ketones is 1. The molecule has 88 valence electrons. The van der Waals surface area contributed by atoms with E-state index >= 15 is 0 Å². The first-order chi connectivity index (χ1) is 6.90. The zero-order chi connectivity index (χ0) is 11.5. The minimum Gasteiger partial charge on any atom is -0.299 e. The molecule has 0 unspecified atom stereocenters. The Bertz CT molecular complexity index is 221. The third kappa shape index (κ3) is 3.32. The summed E-state index contributed by atoms with van der Waals surface area (Å²) < 4.78 is 0. The van der Waals surface area contributed by atoms with E-state index in [0.717, 1.165) is 12.8 Å². The first-order valence-electron chi connectivity index (χ1n) is 6.43. The van der Waals surface area contributed by atoms with E-state index in [4.69, 9.17) is 0 Å². The fraction of sp³-hybridized carbons (Fsp3) is 0.929. The topological polar surface area (TPSA) is 17.1 Å². The van der Waals surface area contributed by atoms with E-state index in [1.807, 2.05) is 0 Å². The Morgan fingerprint density at radius 3 is 2.20 bits per heavy atom. The van der Waals surface area contributed by atoms with Crippen molar-refractivity contribution < 1.29 is 4.79 Å². The number of rotatable bonds is 4. The van der Waals surface area contributed by atoms with E-state index in [9.17, 15) is 4.79 Å². The number of hydrogen-bond donors (Lipinski definition) is 0. The van der Waals surface area contributed by atoms with Gasteiger partial charge in [-0.3, -0.25) is 4.79 Å². The highest BCUT2D eigenvalue weighted by Gasteiger charge is 2.34. The van der Waals surface area contributed by atoms with Crippen LogP contribution in [0, 0.1) is 10.8 Å². The van der Waals surface area contributed by atoms with Gasteiger partial charge in [0.2, 0.25) is 0 Å². The van der Waals surface area contributed by atoms with E-state index in [1.54, 1.807) is 0 Å². The largest absolute Gasteiger partial charge is 0.299 e. The summed E-state index contributed by atoms with van der Waals surface area (Å²) in [5.41, 5.74) is 0.197. The van der Waals surface area contributed by atoms with Gasteiger partial charge in [0.05, 0.1) is 0 Å². The number of carbonyl (C=O) groups excluding carboxylic acids is 1. The average molecular weight is 210 g/mol. The van der Waals surface area contributed by atoms with Gasteiger partial charge in [-0.05, 0) is 24.7 Å². The summed E-state index contributed by atoms with van der Waals surface area (Å²) in [6.07, 6.45) is 8.25. The van der Waals surface area contributed by atoms with Gasteiger partial charge in [-0.15, -0.1) is 0 Å². The molecule has 0 aromatic rings. The second-order valence-electron chi connectivity index (χ2n) is 6.21. The fourth-order valence-electron chi connectivity index (χ4n) is 2.41. The summed E-state index contributed by atoms with van der Waals surface area (Å²) in [6, 6.07) is 0. The molecule has 1 heteroatoms. The van der Waals surface area contributed by atoms with Gasteiger partial charge in [0.1, 0.15) is 5.78 Å². The van der Waals surface area contributed by atoms with Crippen LogP contribution in [0.3, 0.4) is 0 Å². The van der Waals surface area contributed by atoms with Crippen molar-refractivity contribution in [3.8, 4) is 0 Å². The molecule has 1 rings (SSSR count). The highest BCUT2D eigenvalue weighted by Crippen LogP contribution is 2.41. The van der Waals surface area contributed by atoms with Crippen molar-refractivity contribution in [1.29, 1.82) is 0 Å².